The van der Waals surface area contributed by atoms with Crippen molar-refractivity contribution in [3.8, 4) is 0 Å². The van der Waals surface area contributed by atoms with Gasteiger partial charge < -0.3 is 14.6 Å². The van der Waals surface area contributed by atoms with Crippen molar-refractivity contribution in [2.75, 3.05) is 13.7 Å². The molecule has 2 rings (SSSR count). The van der Waals surface area contributed by atoms with Crippen LogP contribution in [0, 0.1) is 22.7 Å². The second kappa shape index (κ2) is 8.81. The van der Waals surface area contributed by atoms with Gasteiger partial charge in [0.15, 0.2) is 0 Å². The highest BCUT2D eigenvalue weighted by atomic mass is 16.5. The Balaban J connectivity index is 2.25. The Morgan fingerprint density at radius 2 is 2.00 bits per heavy atom. The van der Waals surface area contributed by atoms with Gasteiger partial charge in [0.1, 0.15) is 6.61 Å². The largest absolute Gasteiger partial charge is 0.466 e. The Morgan fingerprint density at radius 3 is 2.61 bits per heavy atom. The quantitative estimate of drug-likeness (QED) is 0.542. The zero-order valence-corrected chi connectivity index (χ0v) is 18.2. The van der Waals surface area contributed by atoms with Crippen LogP contribution >= 0.6 is 0 Å². The number of fused-ring (bicyclic) bond motifs is 1. The van der Waals surface area contributed by atoms with Crippen molar-refractivity contribution in [2.45, 2.75) is 72.8 Å². The first kappa shape index (κ1) is 22.7. The Hall–Kier alpha value is -1.62. The molecular weight excluding hydrogens is 356 g/mol. The fourth-order valence-corrected chi connectivity index (χ4v) is 5.42. The predicted octanol–water partition coefficient (Wildman–Crippen LogP) is 4.20. The summed E-state index contributed by atoms with van der Waals surface area (Å²) in [5, 5.41) is 11.0. The lowest BCUT2D eigenvalue weighted by atomic mass is 9.45. The minimum atomic E-state index is -0.581. The summed E-state index contributed by atoms with van der Waals surface area (Å²) in [4.78, 5) is 23.4. The zero-order chi connectivity index (χ0) is 21.1. The van der Waals surface area contributed by atoms with Gasteiger partial charge in [0.25, 0.3) is 0 Å². The number of hydrogen-bond donors (Lipinski definition) is 1. The van der Waals surface area contributed by atoms with Crippen molar-refractivity contribution >= 4 is 11.9 Å². The van der Waals surface area contributed by atoms with Crippen LogP contribution in [0.15, 0.2) is 23.3 Å². The number of rotatable bonds is 6. The first-order valence-electron chi connectivity index (χ1n) is 10.3. The third-order valence-electron chi connectivity index (χ3n) is 7.48. The highest BCUT2D eigenvalue weighted by Gasteiger charge is 2.59. The van der Waals surface area contributed by atoms with Crippen LogP contribution in [-0.2, 0) is 19.1 Å². The molecule has 2 aliphatic carbocycles. The van der Waals surface area contributed by atoms with Gasteiger partial charge in [0.2, 0.25) is 0 Å². The van der Waals surface area contributed by atoms with Gasteiger partial charge in [-0.05, 0) is 62.4 Å². The van der Waals surface area contributed by atoms with Gasteiger partial charge in [-0.2, -0.15) is 0 Å². The molecule has 0 amide bonds. The number of carbonyl (C=O) groups is 2. The summed E-state index contributed by atoms with van der Waals surface area (Å²) >= 11 is 0. The van der Waals surface area contributed by atoms with E-state index in [1.807, 2.05) is 19.1 Å². The monoisotopic (exact) mass is 392 g/mol. The number of aliphatic hydroxyl groups excluding tert-OH is 1. The van der Waals surface area contributed by atoms with Gasteiger partial charge in [-0.25, -0.2) is 4.79 Å². The van der Waals surface area contributed by atoms with Crippen LogP contribution in [0.1, 0.15) is 66.7 Å². The molecule has 5 atom stereocenters. The number of hydrogen-bond acceptors (Lipinski definition) is 5. The molecule has 28 heavy (non-hydrogen) atoms. The van der Waals surface area contributed by atoms with Crippen LogP contribution in [0.25, 0.3) is 0 Å². The smallest absolute Gasteiger partial charge is 0.334 e. The van der Waals surface area contributed by atoms with Crippen LogP contribution in [0.5, 0.6) is 0 Å². The number of esters is 2. The summed E-state index contributed by atoms with van der Waals surface area (Å²) in [5.41, 5.74) is 1.25. The van der Waals surface area contributed by atoms with E-state index >= 15 is 0 Å². The van der Waals surface area contributed by atoms with Crippen molar-refractivity contribution in [3.63, 3.8) is 0 Å². The SMILES string of the molecule is COC(=O)C1=CCC[C@@H]2[C@@](C)(CC/C(C)=C/COC(C)=O)[C@H](C)C[C@H](O)[C@@]12C. The standard InChI is InChI=1S/C23H36O5/c1-15(11-13-28-17(3)24)10-12-22(4)16(2)14-20(25)23(5)18(21(26)27-6)8-7-9-19(22)23/h8,11,16,19-20,25H,7,9-10,12-14H2,1-6H3/b15-11+/t16-,19-,20+,22+,23+/m1/s1. The minimum Gasteiger partial charge on any atom is -0.466 e. The van der Waals surface area contributed by atoms with Gasteiger partial charge in [0.05, 0.1) is 13.2 Å². The molecule has 0 aromatic carbocycles. The third kappa shape index (κ3) is 4.19. The summed E-state index contributed by atoms with van der Waals surface area (Å²) in [6.45, 7) is 10.4. The van der Waals surface area contributed by atoms with Crippen LogP contribution in [0.2, 0.25) is 0 Å². The summed E-state index contributed by atoms with van der Waals surface area (Å²) in [6, 6.07) is 0. The summed E-state index contributed by atoms with van der Waals surface area (Å²) < 4.78 is 10.1. The molecular formula is C23H36O5. The van der Waals surface area contributed by atoms with Crippen LogP contribution in [-0.4, -0.2) is 36.9 Å². The highest BCUT2D eigenvalue weighted by Crippen LogP contribution is 2.62. The Labute approximate surface area is 169 Å². The first-order valence-corrected chi connectivity index (χ1v) is 10.3. The summed E-state index contributed by atoms with van der Waals surface area (Å²) in [6.07, 6.45) is 7.73. The topological polar surface area (TPSA) is 72.8 Å². The normalized spacial score (nSPS) is 35.6. The molecule has 0 aromatic heterocycles. The maximum absolute atomic E-state index is 12.5. The molecule has 0 unspecified atom stereocenters. The van der Waals surface area contributed by atoms with Gasteiger partial charge in [-0.3, -0.25) is 4.79 Å². The van der Waals surface area contributed by atoms with Crippen LogP contribution in [0.4, 0.5) is 0 Å². The lowest BCUT2D eigenvalue weighted by Crippen LogP contribution is -2.57. The Morgan fingerprint density at radius 1 is 1.32 bits per heavy atom. The molecule has 0 radical (unpaired) electrons. The Kier molecular flexibility index (Phi) is 7.13. The average molecular weight is 393 g/mol. The minimum absolute atomic E-state index is 0.00194. The Bertz CT molecular complexity index is 664. The zero-order valence-electron chi connectivity index (χ0n) is 18.2. The van der Waals surface area contributed by atoms with E-state index in [1.165, 1.54) is 19.6 Å². The van der Waals surface area contributed by atoms with Crippen molar-refractivity contribution in [2.24, 2.45) is 22.7 Å². The molecule has 0 aromatic rings. The summed E-state index contributed by atoms with van der Waals surface area (Å²) in [7, 11) is 1.41. The van der Waals surface area contributed by atoms with Gasteiger partial charge >= 0.3 is 11.9 Å². The van der Waals surface area contributed by atoms with E-state index in [1.54, 1.807) is 0 Å². The van der Waals surface area contributed by atoms with Crippen LogP contribution < -0.4 is 0 Å². The molecule has 2 aliphatic rings. The van der Waals surface area contributed by atoms with E-state index < -0.39 is 11.5 Å². The molecule has 5 nitrogen and oxygen atoms in total. The van der Waals surface area contributed by atoms with E-state index in [0.717, 1.165) is 25.7 Å². The van der Waals surface area contributed by atoms with Gasteiger partial charge in [-0.15, -0.1) is 0 Å². The van der Waals surface area contributed by atoms with E-state index in [4.69, 9.17) is 9.47 Å². The highest BCUT2D eigenvalue weighted by molar-refractivity contribution is 5.90. The van der Waals surface area contributed by atoms with E-state index in [9.17, 15) is 14.7 Å². The maximum Gasteiger partial charge on any atom is 0.334 e. The number of carbonyl (C=O) groups excluding carboxylic acids is 2. The second-order valence-corrected chi connectivity index (χ2v) is 9.03. The van der Waals surface area contributed by atoms with Crippen LogP contribution in [0.3, 0.4) is 0 Å². The molecule has 0 heterocycles. The fourth-order valence-electron chi connectivity index (χ4n) is 5.42. The van der Waals surface area contributed by atoms with Crippen molar-refractivity contribution in [3.05, 3.63) is 23.3 Å². The molecule has 1 fully saturated rings. The van der Waals surface area contributed by atoms with Gasteiger partial charge in [0, 0.05) is 17.9 Å². The predicted molar refractivity (Wildman–Crippen MR) is 108 cm³/mol. The first-order chi connectivity index (χ1) is 13.1. The second-order valence-electron chi connectivity index (χ2n) is 9.03. The van der Waals surface area contributed by atoms with Crippen molar-refractivity contribution in [1.29, 1.82) is 0 Å². The lowest BCUT2D eigenvalue weighted by molar-refractivity contribution is -0.151. The molecule has 158 valence electrons. The van der Waals surface area contributed by atoms with E-state index in [2.05, 4.69) is 20.8 Å². The third-order valence-corrected chi connectivity index (χ3v) is 7.48. The lowest BCUT2D eigenvalue weighted by Gasteiger charge is -2.59. The molecule has 0 saturated heterocycles. The summed E-state index contributed by atoms with van der Waals surface area (Å²) in [5.74, 6) is -0.0374. The number of ether oxygens (including phenoxy) is 2. The number of allylic oxidation sites excluding steroid dienone is 2. The molecule has 0 spiro atoms. The molecule has 1 N–H and O–H groups in total. The maximum atomic E-state index is 12.5. The van der Waals surface area contributed by atoms with E-state index in [0.29, 0.717) is 24.5 Å². The molecule has 5 heteroatoms. The molecule has 1 saturated carbocycles. The van der Waals surface area contributed by atoms with Gasteiger partial charge in [-0.1, -0.05) is 32.4 Å². The van der Waals surface area contributed by atoms with Crippen molar-refractivity contribution < 1.29 is 24.2 Å². The average Bonchev–Trinajstić information content (AvgIpc) is 2.64. The molecule has 0 bridgehead atoms. The number of methoxy groups -OCH3 is 1. The number of aliphatic hydroxyl groups is 1. The molecule has 0 aliphatic heterocycles. The van der Waals surface area contributed by atoms with E-state index in [-0.39, 0.29) is 23.3 Å². The van der Waals surface area contributed by atoms with Crippen molar-refractivity contribution in [1.82, 2.24) is 0 Å². The fraction of sp³-hybridized carbons (Fsp3) is 0.739.